The first kappa shape index (κ1) is 14.1. The summed E-state index contributed by atoms with van der Waals surface area (Å²) < 4.78 is 42.9. The number of anilines is 1. The molecule has 1 aromatic heterocycles. The van der Waals surface area contributed by atoms with Crippen molar-refractivity contribution in [1.82, 2.24) is 5.16 Å². The van der Waals surface area contributed by atoms with Crippen molar-refractivity contribution in [3.05, 3.63) is 21.3 Å². The van der Waals surface area contributed by atoms with Gasteiger partial charge in [-0.3, -0.25) is 9.69 Å². The van der Waals surface area contributed by atoms with Gasteiger partial charge in [-0.05, 0) is 41.1 Å². The molecule has 0 bridgehead atoms. The van der Waals surface area contributed by atoms with Crippen LogP contribution in [0.5, 0.6) is 0 Å². The van der Waals surface area contributed by atoms with Crippen molar-refractivity contribution in [2.45, 2.75) is 13.1 Å². The van der Waals surface area contributed by atoms with Crippen LogP contribution in [0.3, 0.4) is 0 Å². The molecular weight excluding hydrogens is 376 g/mol. The van der Waals surface area contributed by atoms with E-state index in [0.29, 0.717) is 15.9 Å². The molecule has 0 radical (unpaired) electrons. The first-order valence-corrected chi connectivity index (χ1v) is 6.20. The van der Waals surface area contributed by atoms with E-state index in [9.17, 15) is 18.0 Å². The van der Waals surface area contributed by atoms with Gasteiger partial charge in [0.1, 0.15) is 0 Å². The van der Waals surface area contributed by atoms with E-state index in [1.165, 1.54) is 0 Å². The maximum absolute atomic E-state index is 12.4. The number of aryl methyl sites for hydroxylation is 1. The molecule has 2 aromatic rings. The summed E-state index contributed by atoms with van der Waals surface area (Å²) in [5.74, 6) is -2.13. The number of aromatic nitrogens is 1. The van der Waals surface area contributed by atoms with Gasteiger partial charge >= 0.3 is 12.1 Å². The van der Waals surface area contributed by atoms with Gasteiger partial charge in [-0.15, -0.1) is 0 Å². The zero-order valence-corrected chi connectivity index (χ0v) is 12.0. The van der Waals surface area contributed by atoms with Crippen LogP contribution in [-0.4, -0.2) is 24.3 Å². The molecule has 0 spiro atoms. The topological polar surface area (TPSA) is 46.3 Å². The number of rotatable bonds is 1. The maximum Gasteiger partial charge on any atom is 0.471 e. The molecule has 0 saturated carbocycles. The van der Waals surface area contributed by atoms with E-state index in [1.54, 1.807) is 12.1 Å². The molecule has 8 heteroatoms. The van der Waals surface area contributed by atoms with Gasteiger partial charge in [0, 0.05) is 7.05 Å². The number of halogens is 4. The van der Waals surface area contributed by atoms with Gasteiger partial charge in [-0.25, -0.2) is 0 Å². The minimum absolute atomic E-state index is 0.143. The number of carbonyl (C=O) groups is 1. The van der Waals surface area contributed by atoms with E-state index in [1.807, 2.05) is 29.5 Å². The second kappa shape index (κ2) is 4.66. The summed E-state index contributed by atoms with van der Waals surface area (Å²) in [5, 5.41) is 3.93. The SMILES string of the molecule is Cc1ccc2c(N(C)C(=O)C(F)(F)F)noc2c1I. The van der Waals surface area contributed by atoms with Gasteiger partial charge in [0.05, 0.1) is 8.96 Å². The molecule has 19 heavy (non-hydrogen) atoms. The Labute approximate surface area is 119 Å². The van der Waals surface area contributed by atoms with Gasteiger partial charge in [-0.2, -0.15) is 13.2 Å². The molecule has 0 aliphatic heterocycles. The lowest BCUT2D eigenvalue weighted by molar-refractivity contribution is -0.170. The van der Waals surface area contributed by atoms with E-state index >= 15 is 0 Å². The summed E-state index contributed by atoms with van der Waals surface area (Å²) in [6, 6.07) is 3.32. The number of nitrogens with zero attached hydrogens (tertiary/aromatic N) is 2. The predicted molar refractivity (Wildman–Crippen MR) is 70.9 cm³/mol. The van der Waals surface area contributed by atoms with Crippen LogP contribution in [0.4, 0.5) is 19.0 Å². The van der Waals surface area contributed by atoms with Crippen molar-refractivity contribution >= 4 is 45.3 Å². The number of amides is 1. The van der Waals surface area contributed by atoms with E-state index < -0.39 is 12.1 Å². The molecule has 0 fully saturated rings. The van der Waals surface area contributed by atoms with Crippen LogP contribution in [0.15, 0.2) is 16.7 Å². The molecule has 0 aliphatic rings. The minimum Gasteiger partial charge on any atom is -0.353 e. The fourth-order valence-electron chi connectivity index (χ4n) is 1.59. The summed E-state index contributed by atoms with van der Waals surface area (Å²) >= 11 is 2.01. The molecule has 0 N–H and O–H groups in total. The maximum atomic E-state index is 12.4. The normalized spacial score (nSPS) is 11.9. The summed E-state index contributed by atoms with van der Waals surface area (Å²) in [5.41, 5.74) is 1.29. The molecule has 102 valence electrons. The van der Waals surface area contributed by atoms with Crippen molar-refractivity contribution in [2.75, 3.05) is 11.9 Å². The third-order valence-electron chi connectivity index (χ3n) is 2.62. The second-order valence-corrected chi connectivity index (χ2v) is 5.02. The van der Waals surface area contributed by atoms with Crippen molar-refractivity contribution in [1.29, 1.82) is 0 Å². The van der Waals surface area contributed by atoms with Crippen molar-refractivity contribution < 1.29 is 22.5 Å². The lowest BCUT2D eigenvalue weighted by atomic mass is 10.2. The number of alkyl halides is 3. The average Bonchev–Trinajstić information content (AvgIpc) is 2.75. The van der Waals surface area contributed by atoms with Crippen LogP contribution < -0.4 is 4.90 Å². The summed E-state index contributed by atoms with van der Waals surface area (Å²) in [4.78, 5) is 11.6. The monoisotopic (exact) mass is 384 g/mol. The van der Waals surface area contributed by atoms with E-state index in [0.717, 1.165) is 16.2 Å². The fraction of sp³-hybridized carbons (Fsp3) is 0.273. The van der Waals surface area contributed by atoms with E-state index in [2.05, 4.69) is 5.16 Å². The molecule has 4 nitrogen and oxygen atoms in total. The first-order valence-electron chi connectivity index (χ1n) is 5.13. The molecule has 0 aliphatic carbocycles. The van der Waals surface area contributed by atoms with Crippen molar-refractivity contribution in [3.8, 4) is 0 Å². The first-order chi connectivity index (χ1) is 8.73. The Kier molecular flexibility index (Phi) is 3.45. The number of fused-ring (bicyclic) bond motifs is 1. The van der Waals surface area contributed by atoms with E-state index in [4.69, 9.17) is 4.52 Å². The molecule has 1 amide bonds. The highest BCUT2D eigenvalue weighted by molar-refractivity contribution is 14.1. The van der Waals surface area contributed by atoms with Crippen LogP contribution in [0.2, 0.25) is 0 Å². The number of hydrogen-bond acceptors (Lipinski definition) is 3. The Morgan fingerprint density at radius 3 is 2.63 bits per heavy atom. The highest BCUT2D eigenvalue weighted by atomic mass is 127. The van der Waals surface area contributed by atoms with Crippen LogP contribution in [-0.2, 0) is 4.79 Å². The van der Waals surface area contributed by atoms with Gasteiger partial charge in [0.15, 0.2) is 11.4 Å². The van der Waals surface area contributed by atoms with Gasteiger partial charge in [0.25, 0.3) is 0 Å². The zero-order valence-electron chi connectivity index (χ0n) is 9.88. The molecule has 0 atom stereocenters. The molecular formula is C11H8F3IN2O2. The largest absolute Gasteiger partial charge is 0.471 e. The lowest BCUT2D eigenvalue weighted by Gasteiger charge is -2.15. The van der Waals surface area contributed by atoms with Gasteiger partial charge in [0.2, 0.25) is 0 Å². The second-order valence-electron chi connectivity index (χ2n) is 3.94. The van der Waals surface area contributed by atoms with Crippen LogP contribution in [0, 0.1) is 10.5 Å². The highest BCUT2D eigenvalue weighted by Gasteiger charge is 2.42. The van der Waals surface area contributed by atoms with E-state index in [-0.39, 0.29) is 5.82 Å². The quantitative estimate of drug-likeness (QED) is 0.710. The smallest absolute Gasteiger partial charge is 0.353 e. The molecule has 0 saturated heterocycles. The Hall–Kier alpha value is -1.32. The molecule has 1 aromatic carbocycles. The van der Waals surface area contributed by atoms with Crippen molar-refractivity contribution in [2.24, 2.45) is 0 Å². The minimum atomic E-state index is -4.95. The molecule has 2 rings (SSSR count). The summed E-state index contributed by atoms with van der Waals surface area (Å²) in [6.45, 7) is 1.84. The van der Waals surface area contributed by atoms with Crippen LogP contribution >= 0.6 is 22.6 Å². The van der Waals surface area contributed by atoms with Gasteiger partial charge in [-0.1, -0.05) is 11.2 Å². The summed E-state index contributed by atoms with van der Waals surface area (Å²) in [7, 11) is 1.01. The average molecular weight is 384 g/mol. The lowest BCUT2D eigenvalue weighted by Crippen LogP contribution is -2.38. The number of benzene rings is 1. The number of carbonyl (C=O) groups excluding carboxylic acids is 1. The Balaban J connectivity index is 2.53. The molecule has 0 unspecified atom stereocenters. The van der Waals surface area contributed by atoms with Crippen LogP contribution in [0.1, 0.15) is 5.56 Å². The zero-order chi connectivity index (χ0) is 14.4. The van der Waals surface area contributed by atoms with Crippen LogP contribution in [0.25, 0.3) is 11.0 Å². The Bertz CT molecular complexity index is 651. The summed E-state index contributed by atoms with van der Waals surface area (Å²) in [6.07, 6.45) is -4.95. The van der Waals surface area contributed by atoms with Gasteiger partial charge < -0.3 is 4.52 Å². The fourth-order valence-corrected chi connectivity index (χ4v) is 2.15. The third kappa shape index (κ3) is 2.40. The Morgan fingerprint density at radius 2 is 2.05 bits per heavy atom. The standard InChI is InChI=1S/C11H8F3IN2O2/c1-5-3-4-6-8(7(5)15)19-16-9(6)17(2)10(18)11(12,13)14/h3-4H,1-2H3. The number of hydrogen-bond donors (Lipinski definition) is 0. The third-order valence-corrected chi connectivity index (χ3v) is 3.96. The van der Waals surface area contributed by atoms with Crippen molar-refractivity contribution in [3.63, 3.8) is 0 Å². The molecule has 1 heterocycles. The highest BCUT2D eigenvalue weighted by Crippen LogP contribution is 2.32. The predicted octanol–water partition coefficient (Wildman–Crippen LogP) is 3.27. The Morgan fingerprint density at radius 1 is 1.42 bits per heavy atom.